The number of benzene rings is 1. The monoisotopic (exact) mass is 258 g/mol. The summed E-state index contributed by atoms with van der Waals surface area (Å²) < 4.78 is 5.28. The number of rotatable bonds is 4. The highest BCUT2D eigenvalue weighted by Gasteiger charge is 2.12. The molecule has 2 aromatic rings. The number of hydrogen-bond donors (Lipinski definition) is 2. The molecule has 0 saturated carbocycles. The third-order valence-corrected chi connectivity index (χ3v) is 3.35. The molecule has 1 saturated heterocycles. The molecule has 5 heteroatoms. The van der Waals surface area contributed by atoms with Crippen molar-refractivity contribution in [3.8, 4) is 0 Å². The summed E-state index contributed by atoms with van der Waals surface area (Å²) in [5.41, 5.74) is 8.48. The van der Waals surface area contributed by atoms with E-state index < -0.39 is 0 Å². The van der Waals surface area contributed by atoms with Crippen molar-refractivity contribution in [2.45, 2.75) is 19.4 Å². The summed E-state index contributed by atoms with van der Waals surface area (Å²) in [6.45, 7) is 2.71. The second-order valence-corrected chi connectivity index (χ2v) is 4.71. The molecule has 3 N–H and O–H groups in total. The van der Waals surface area contributed by atoms with Crippen LogP contribution in [0.4, 0.5) is 17.4 Å². The number of nitrogens with two attached hydrogens (primary N) is 1. The van der Waals surface area contributed by atoms with E-state index in [9.17, 15) is 0 Å². The summed E-state index contributed by atoms with van der Waals surface area (Å²) in [6.07, 6.45) is 4.15. The van der Waals surface area contributed by atoms with Crippen LogP contribution in [0, 0.1) is 0 Å². The molecule has 19 heavy (non-hydrogen) atoms. The van der Waals surface area contributed by atoms with E-state index in [1.54, 1.807) is 6.26 Å². The van der Waals surface area contributed by atoms with Crippen molar-refractivity contribution in [1.29, 1.82) is 0 Å². The molecule has 0 amide bonds. The van der Waals surface area contributed by atoms with Gasteiger partial charge in [0.1, 0.15) is 6.26 Å². The van der Waals surface area contributed by atoms with Crippen molar-refractivity contribution in [2.75, 3.05) is 23.3 Å². The Kier molecular flexibility index (Phi) is 3.37. The van der Waals surface area contributed by atoms with Crippen LogP contribution < -0.4 is 16.0 Å². The van der Waals surface area contributed by atoms with E-state index >= 15 is 0 Å². The molecular formula is C14H18N4O. The summed E-state index contributed by atoms with van der Waals surface area (Å²) in [6, 6.07) is 8.82. The summed E-state index contributed by atoms with van der Waals surface area (Å²) >= 11 is 0. The quantitative estimate of drug-likeness (QED) is 0.881. The first-order valence-corrected chi connectivity index (χ1v) is 6.61. The number of anilines is 3. The van der Waals surface area contributed by atoms with Gasteiger partial charge < -0.3 is 20.4 Å². The molecule has 100 valence electrons. The Morgan fingerprint density at radius 3 is 2.58 bits per heavy atom. The molecule has 1 aromatic carbocycles. The zero-order valence-corrected chi connectivity index (χ0v) is 10.8. The lowest BCUT2D eigenvalue weighted by molar-refractivity contribution is 0.576. The highest BCUT2D eigenvalue weighted by Crippen LogP contribution is 2.23. The summed E-state index contributed by atoms with van der Waals surface area (Å²) in [4.78, 5) is 6.61. The van der Waals surface area contributed by atoms with Crippen LogP contribution in [0.3, 0.4) is 0 Å². The minimum absolute atomic E-state index is 0.388. The van der Waals surface area contributed by atoms with Gasteiger partial charge in [0.05, 0.1) is 5.69 Å². The van der Waals surface area contributed by atoms with E-state index in [0.29, 0.717) is 12.6 Å². The van der Waals surface area contributed by atoms with E-state index in [1.165, 1.54) is 18.5 Å². The standard InChI is InChI=1S/C14H18N4O/c15-9-12-10-19-14(17-12)16-11-3-5-13(6-4-11)18-7-1-2-8-18/h3-6,10H,1-2,7-9,15H2,(H,16,17). The van der Waals surface area contributed by atoms with Crippen molar-refractivity contribution in [3.63, 3.8) is 0 Å². The Morgan fingerprint density at radius 2 is 1.95 bits per heavy atom. The molecular weight excluding hydrogens is 240 g/mol. The van der Waals surface area contributed by atoms with Crippen LogP contribution in [0.25, 0.3) is 0 Å². The second kappa shape index (κ2) is 5.32. The molecule has 2 heterocycles. The zero-order valence-electron chi connectivity index (χ0n) is 10.8. The van der Waals surface area contributed by atoms with E-state index in [4.69, 9.17) is 10.2 Å². The van der Waals surface area contributed by atoms with Crippen molar-refractivity contribution in [2.24, 2.45) is 5.73 Å². The van der Waals surface area contributed by atoms with Gasteiger partial charge in [0.25, 0.3) is 6.01 Å². The fraction of sp³-hybridized carbons (Fsp3) is 0.357. The Hall–Kier alpha value is -2.01. The molecule has 1 fully saturated rings. The van der Waals surface area contributed by atoms with Gasteiger partial charge in [-0.05, 0) is 37.1 Å². The minimum atomic E-state index is 0.388. The maximum Gasteiger partial charge on any atom is 0.299 e. The predicted octanol–water partition coefficient (Wildman–Crippen LogP) is 2.48. The van der Waals surface area contributed by atoms with Gasteiger partial charge in [-0.15, -0.1) is 0 Å². The first-order valence-electron chi connectivity index (χ1n) is 6.61. The fourth-order valence-corrected chi connectivity index (χ4v) is 2.31. The highest BCUT2D eigenvalue weighted by atomic mass is 16.4. The van der Waals surface area contributed by atoms with Gasteiger partial charge in [0.2, 0.25) is 0 Å². The molecule has 1 aliphatic rings. The lowest BCUT2D eigenvalue weighted by Crippen LogP contribution is -2.17. The van der Waals surface area contributed by atoms with Crippen LogP contribution in [0.15, 0.2) is 34.9 Å². The smallest absolute Gasteiger partial charge is 0.299 e. The molecule has 1 aliphatic heterocycles. The van der Waals surface area contributed by atoms with Crippen LogP contribution in [-0.2, 0) is 6.54 Å². The van der Waals surface area contributed by atoms with E-state index in [0.717, 1.165) is 24.5 Å². The zero-order chi connectivity index (χ0) is 13.1. The maximum atomic E-state index is 5.49. The number of nitrogens with one attached hydrogen (secondary N) is 1. The van der Waals surface area contributed by atoms with Gasteiger partial charge in [0.15, 0.2) is 0 Å². The van der Waals surface area contributed by atoms with Gasteiger partial charge in [-0.1, -0.05) is 0 Å². The fourth-order valence-electron chi connectivity index (χ4n) is 2.31. The van der Waals surface area contributed by atoms with Crippen molar-refractivity contribution < 1.29 is 4.42 Å². The van der Waals surface area contributed by atoms with Gasteiger partial charge in [-0.2, -0.15) is 4.98 Å². The Labute approximate surface area is 112 Å². The third-order valence-electron chi connectivity index (χ3n) is 3.35. The van der Waals surface area contributed by atoms with Gasteiger partial charge in [-0.3, -0.25) is 0 Å². The molecule has 3 rings (SSSR count). The van der Waals surface area contributed by atoms with Crippen LogP contribution in [0.2, 0.25) is 0 Å². The second-order valence-electron chi connectivity index (χ2n) is 4.71. The van der Waals surface area contributed by atoms with Crippen molar-refractivity contribution in [1.82, 2.24) is 4.98 Å². The first kappa shape index (κ1) is 12.0. The predicted molar refractivity (Wildman–Crippen MR) is 75.6 cm³/mol. The van der Waals surface area contributed by atoms with Gasteiger partial charge in [0, 0.05) is 31.0 Å². The third kappa shape index (κ3) is 2.71. The lowest BCUT2D eigenvalue weighted by Gasteiger charge is -2.17. The van der Waals surface area contributed by atoms with Crippen LogP contribution in [-0.4, -0.2) is 18.1 Å². The summed E-state index contributed by atoms with van der Waals surface area (Å²) in [5, 5.41) is 3.12. The first-order chi connectivity index (χ1) is 9.35. The molecule has 0 atom stereocenters. The van der Waals surface area contributed by atoms with E-state index in [1.807, 2.05) is 12.1 Å². The van der Waals surface area contributed by atoms with Gasteiger partial charge in [-0.25, -0.2) is 0 Å². The number of hydrogen-bond acceptors (Lipinski definition) is 5. The Morgan fingerprint density at radius 1 is 1.21 bits per heavy atom. The van der Waals surface area contributed by atoms with Gasteiger partial charge >= 0.3 is 0 Å². The van der Waals surface area contributed by atoms with Crippen molar-refractivity contribution >= 4 is 17.4 Å². The van der Waals surface area contributed by atoms with E-state index in [-0.39, 0.29) is 0 Å². The topological polar surface area (TPSA) is 67.3 Å². The highest BCUT2D eigenvalue weighted by molar-refractivity contribution is 5.59. The average molecular weight is 258 g/mol. The summed E-state index contributed by atoms with van der Waals surface area (Å²) in [5.74, 6) is 0. The average Bonchev–Trinajstić information content (AvgIpc) is 3.10. The molecule has 0 radical (unpaired) electrons. The van der Waals surface area contributed by atoms with Crippen LogP contribution in [0.5, 0.6) is 0 Å². The SMILES string of the molecule is NCc1coc(Nc2ccc(N3CCCC3)cc2)n1. The maximum absolute atomic E-state index is 5.49. The normalized spacial score (nSPS) is 14.9. The molecule has 0 aliphatic carbocycles. The Bertz CT molecular complexity index is 529. The molecule has 0 unspecified atom stereocenters. The summed E-state index contributed by atoms with van der Waals surface area (Å²) in [7, 11) is 0. The molecule has 5 nitrogen and oxygen atoms in total. The van der Waals surface area contributed by atoms with E-state index in [2.05, 4.69) is 27.3 Å². The molecule has 0 spiro atoms. The van der Waals surface area contributed by atoms with Crippen LogP contribution >= 0.6 is 0 Å². The number of oxazole rings is 1. The lowest BCUT2D eigenvalue weighted by atomic mass is 10.2. The largest absolute Gasteiger partial charge is 0.432 e. The van der Waals surface area contributed by atoms with Crippen molar-refractivity contribution in [3.05, 3.63) is 36.2 Å². The molecule has 1 aromatic heterocycles. The van der Waals surface area contributed by atoms with Crippen LogP contribution in [0.1, 0.15) is 18.5 Å². The number of nitrogens with zero attached hydrogens (tertiary/aromatic N) is 2. The Balaban J connectivity index is 1.68. The number of aromatic nitrogens is 1. The molecule has 0 bridgehead atoms. The minimum Gasteiger partial charge on any atom is -0.432 e.